The van der Waals surface area contributed by atoms with E-state index in [1.165, 1.54) is 0 Å². The monoisotopic (exact) mass is 164 g/mol. The van der Waals surface area contributed by atoms with Gasteiger partial charge in [0.05, 0.1) is 5.90 Å². The lowest BCUT2D eigenvalue weighted by molar-refractivity contribution is -0.262. The number of rotatable bonds is 2. The smallest absolute Gasteiger partial charge is 0.419 e. The molecule has 0 aromatic heterocycles. The molecule has 0 aliphatic rings. The summed E-state index contributed by atoms with van der Waals surface area (Å²) in [7, 11) is 0. The number of nitrogens with zero attached hydrogens (tertiary/aromatic N) is 1. The van der Waals surface area contributed by atoms with E-state index in [4.69, 9.17) is 6.42 Å². The van der Waals surface area contributed by atoms with Crippen molar-refractivity contribution in [3.05, 3.63) is 0 Å². The zero-order chi connectivity index (χ0) is 8.91. The molecular formula is C6H5F3NO-. The average molecular weight is 164 g/mol. The molecule has 11 heavy (non-hydrogen) atoms. The molecule has 0 amide bonds. The van der Waals surface area contributed by atoms with Crippen LogP contribution in [0.25, 0.3) is 0 Å². The third-order valence-corrected chi connectivity index (χ3v) is 0.754. The second-order valence-corrected chi connectivity index (χ2v) is 1.64. The Morgan fingerprint density at radius 2 is 2.09 bits per heavy atom. The molecule has 0 heterocycles. The van der Waals surface area contributed by atoms with Crippen LogP contribution in [-0.4, -0.2) is 18.6 Å². The van der Waals surface area contributed by atoms with E-state index in [2.05, 4.69) is 10.9 Å². The maximum Gasteiger partial charge on any atom is 0.419 e. The Labute approximate surface area is 61.7 Å². The molecular weight excluding hydrogens is 159 g/mol. The van der Waals surface area contributed by atoms with Crippen LogP contribution in [0.2, 0.25) is 0 Å². The molecule has 0 N–H and O–H groups in total. The van der Waals surface area contributed by atoms with E-state index < -0.39 is 12.1 Å². The molecule has 0 radical (unpaired) electrons. The number of aliphatic imine (C=N–C) groups is 1. The van der Waals surface area contributed by atoms with Gasteiger partial charge in [-0.05, 0) is 0 Å². The predicted molar refractivity (Wildman–Crippen MR) is 31.8 cm³/mol. The maximum atomic E-state index is 11.4. The van der Waals surface area contributed by atoms with E-state index in [0.717, 1.165) is 0 Å². The molecule has 0 spiro atoms. The average Bonchev–Trinajstić information content (AvgIpc) is 1.86. The van der Waals surface area contributed by atoms with Crippen molar-refractivity contribution in [2.75, 3.05) is 6.54 Å². The molecule has 0 saturated heterocycles. The van der Waals surface area contributed by atoms with Crippen molar-refractivity contribution in [3.63, 3.8) is 0 Å². The molecule has 0 aliphatic heterocycles. The third kappa shape index (κ3) is 4.25. The molecule has 0 aliphatic carbocycles. The Kier molecular flexibility index (Phi) is 3.45. The first kappa shape index (κ1) is 9.82. The SMILES string of the molecule is C#CCCN=C([O-])C(F)(F)F. The summed E-state index contributed by atoms with van der Waals surface area (Å²) >= 11 is 0. The van der Waals surface area contributed by atoms with Crippen molar-refractivity contribution >= 4 is 5.90 Å². The Morgan fingerprint density at radius 3 is 2.45 bits per heavy atom. The fourth-order valence-corrected chi connectivity index (χ4v) is 0.312. The van der Waals surface area contributed by atoms with Gasteiger partial charge in [0.25, 0.3) is 0 Å². The first-order valence-corrected chi connectivity index (χ1v) is 2.70. The van der Waals surface area contributed by atoms with Gasteiger partial charge in [0, 0.05) is 13.0 Å². The van der Waals surface area contributed by atoms with Gasteiger partial charge in [-0.3, -0.25) is 4.99 Å². The fourth-order valence-electron chi connectivity index (χ4n) is 0.312. The summed E-state index contributed by atoms with van der Waals surface area (Å²) in [5, 5.41) is 9.98. The fraction of sp³-hybridized carbons (Fsp3) is 0.500. The zero-order valence-electron chi connectivity index (χ0n) is 5.48. The minimum absolute atomic E-state index is 0.0435. The van der Waals surface area contributed by atoms with Gasteiger partial charge in [0.1, 0.15) is 0 Å². The van der Waals surface area contributed by atoms with Gasteiger partial charge in [-0.25, -0.2) is 0 Å². The van der Waals surface area contributed by atoms with Gasteiger partial charge in [0.15, 0.2) is 0 Å². The quantitative estimate of drug-likeness (QED) is 0.251. The van der Waals surface area contributed by atoms with Crippen molar-refractivity contribution < 1.29 is 18.3 Å². The largest absolute Gasteiger partial charge is 0.856 e. The Bertz CT molecular complexity index is 189. The van der Waals surface area contributed by atoms with Gasteiger partial charge in [-0.1, -0.05) is 0 Å². The van der Waals surface area contributed by atoms with Crippen LogP contribution in [0.5, 0.6) is 0 Å². The van der Waals surface area contributed by atoms with Crippen molar-refractivity contribution in [1.82, 2.24) is 0 Å². The van der Waals surface area contributed by atoms with Crippen molar-refractivity contribution in [3.8, 4) is 12.3 Å². The lowest BCUT2D eigenvalue weighted by atomic mass is 10.4. The normalized spacial score (nSPS) is 12.7. The summed E-state index contributed by atoms with van der Waals surface area (Å²) in [5.74, 6) is -0.0150. The Balaban J connectivity index is 3.93. The highest BCUT2D eigenvalue weighted by Gasteiger charge is 2.27. The van der Waals surface area contributed by atoms with E-state index in [1.807, 2.05) is 0 Å². The lowest BCUT2D eigenvalue weighted by Gasteiger charge is -2.13. The highest BCUT2D eigenvalue weighted by Crippen LogP contribution is 2.13. The van der Waals surface area contributed by atoms with Crippen LogP contribution in [-0.2, 0) is 0 Å². The summed E-state index contributed by atoms with van der Waals surface area (Å²) in [5.41, 5.74) is 0. The molecule has 0 bridgehead atoms. The molecule has 0 saturated carbocycles. The van der Waals surface area contributed by atoms with E-state index in [9.17, 15) is 18.3 Å². The molecule has 0 rings (SSSR count). The van der Waals surface area contributed by atoms with Crippen LogP contribution in [0, 0.1) is 12.3 Å². The molecule has 0 fully saturated rings. The molecule has 2 nitrogen and oxygen atoms in total. The number of alkyl halides is 3. The van der Waals surface area contributed by atoms with Crippen molar-refractivity contribution in [2.45, 2.75) is 12.6 Å². The molecule has 0 aromatic carbocycles. The highest BCUT2D eigenvalue weighted by molar-refractivity contribution is 5.77. The second kappa shape index (κ2) is 3.86. The molecule has 0 atom stereocenters. The lowest BCUT2D eigenvalue weighted by Crippen LogP contribution is -2.35. The summed E-state index contributed by atoms with van der Waals surface area (Å²) in [6.07, 6.45) is -0.102. The minimum atomic E-state index is -4.87. The van der Waals surface area contributed by atoms with Gasteiger partial charge in [-0.2, -0.15) is 13.2 Å². The standard InChI is InChI=1S/C6H6F3NO/c1-2-3-4-10-5(11)6(7,8)9/h1H,3-4H2,(H,10,11)/p-1. The number of hydrogen-bond donors (Lipinski definition) is 0. The molecule has 0 aromatic rings. The summed E-state index contributed by atoms with van der Waals surface area (Å²) < 4.78 is 34.1. The van der Waals surface area contributed by atoms with Crippen LogP contribution in [0.3, 0.4) is 0 Å². The van der Waals surface area contributed by atoms with Crippen molar-refractivity contribution in [1.29, 1.82) is 0 Å². The van der Waals surface area contributed by atoms with Crippen LogP contribution < -0.4 is 5.11 Å². The second-order valence-electron chi connectivity index (χ2n) is 1.64. The van der Waals surface area contributed by atoms with E-state index in [1.54, 1.807) is 0 Å². The molecule has 5 heteroatoms. The number of terminal acetylenes is 1. The topological polar surface area (TPSA) is 35.4 Å². The summed E-state index contributed by atoms with van der Waals surface area (Å²) in [6, 6.07) is 0. The number of hydrogen-bond acceptors (Lipinski definition) is 2. The zero-order valence-corrected chi connectivity index (χ0v) is 5.48. The van der Waals surface area contributed by atoms with Crippen LogP contribution in [0.15, 0.2) is 4.99 Å². The third-order valence-electron chi connectivity index (χ3n) is 0.754. The minimum Gasteiger partial charge on any atom is -0.856 e. The maximum absolute atomic E-state index is 11.4. The summed E-state index contributed by atoms with van der Waals surface area (Å²) in [6.45, 7) is -0.269. The predicted octanol–water partition coefficient (Wildman–Crippen LogP) is 0.331. The van der Waals surface area contributed by atoms with E-state index in [-0.39, 0.29) is 13.0 Å². The first-order valence-electron chi connectivity index (χ1n) is 2.70. The van der Waals surface area contributed by atoms with Gasteiger partial charge in [0.2, 0.25) is 0 Å². The highest BCUT2D eigenvalue weighted by atomic mass is 19.4. The van der Waals surface area contributed by atoms with Crippen LogP contribution >= 0.6 is 0 Å². The van der Waals surface area contributed by atoms with Crippen LogP contribution in [0.1, 0.15) is 6.42 Å². The van der Waals surface area contributed by atoms with E-state index >= 15 is 0 Å². The van der Waals surface area contributed by atoms with Gasteiger partial charge in [-0.15, -0.1) is 12.3 Å². The van der Waals surface area contributed by atoms with Gasteiger partial charge >= 0.3 is 6.18 Å². The van der Waals surface area contributed by atoms with Crippen molar-refractivity contribution in [2.24, 2.45) is 4.99 Å². The van der Waals surface area contributed by atoms with Gasteiger partial charge < -0.3 is 5.11 Å². The van der Waals surface area contributed by atoms with E-state index in [0.29, 0.717) is 0 Å². The Hall–Kier alpha value is -1.18. The number of halogens is 3. The van der Waals surface area contributed by atoms with Crippen LogP contribution in [0.4, 0.5) is 13.2 Å². The molecule has 0 unspecified atom stereocenters. The Morgan fingerprint density at radius 1 is 1.55 bits per heavy atom. The first-order chi connectivity index (χ1) is 4.98. The molecule has 62 valence electrons. The summed E-state index contributed by atoms with van der Waals surface area (Å²) in [4.78, 5) is 2.68.